The SMILES string of the molecule is Cc1cccc(CN(C)c2cc3[nH]c(=O)oc3cc2N)c1. The Balaban J connectivity index is 1.95. The number of H-pyrrole nitrogens is 1. The standard InChI is InChI=1S/C16H17N3O2/c1-10-4-3-5-11(6-10)9-19(2)14-8-13-15(7-12(14)17)21-16(20)18-13/h3-8H,9,17H2,1-2H3,(H,18,20). The zero-order chi connectivity index (χ0) is 15.0. The fraction of sp³-hybridized carbons (Fsp3) is 0.188. The van der Waals surface area contributed by atoms with E-state index in [1.54, 1.807) is 6.07 Å². The number of benzene rings is 2. The molecule has 5 heteroatoms. The van der Waals surface area contributed by atoms with E-state index in [-0.39, 0.29) is 0 Å². The Morgan fingerprint density at radius 3 is 2.86 bits per heavy atom. The van der Waals surface area contributed by atoms with Crippen molar-refractivity contribution >= 4 is 22.5 Å². The van der Waals surface area contributed by atoms with Gasteiger partial charge in [-0.3, -0.25) is 4.98 Å². The smallest absolute Gasteiger partial charge is 0.408 e. The Labute approximate surface area is 122 Å². The molecule has 0 aliphatic rings. The minimum Gasteiger partial charge on any atom is -0.408 e. The highest BCUT2D eigenvalue weighted by molar-refractivity contribution is 5.85. The zero-order valence-electron chi connectivity index (χ0n) is 12.0. The van der Waals surface area contributed by atoms with Gasteiger partial charge in [-0.05, 0) is 18.6 Å². The number of nitrogens with zero attached hydrogens (tertiary/aromatic N) is 1. The first kappa shape index (κ1) is 13.3. The Hall–Kier alpha value is -2.69. The normalized spacial score (nSPS) is 11.0. The second-order valence-electron chi connectivity index (χ2n) is 5.27. The Morgan fingerprint density at radius 1 is 1.29 bits per heavy atom. The maximum Gasteiger partial charge on any atom is 0.417 e. The predicted molar refractivity (Wildman–Crippen MR) is 84.5 cm³/mol. The van der Waals surface area contributed by atoms with Crippen molar-refractivity contribution < 1.29 is 4.42 Å². The van der Waals surface area contributed by atoms with Gasteiger partial charge in [0.15, 0.2) is 5.58 Å². The summed E-state index contributed by atoms with van der Waals surface area (Å²) in [5.41, 5.74) is 11.1. The van der Waals surface area contributed by atoms with Crippen molar-refractivity contribution in [1.82, 2.24) is 4.98 Å². The van der Waals surface area contributed by atoms with Gasteiger partial charge in [-0.15, -0.1) is 0 Å². The number of anilines is 2. The molecule has 0 saturated carbocycles. The van der Waals surface area contributed by atoms with Crippen molar-refractivity contribution in [3.63, 3.8) is 0 Å². The van der Waals surface area contributed by atoms with Crippen LogP contribution >= 0.6 is 0 Å². The molecule has 0 atom stereocenters. The molecule has 0 amide bonds. The molecule has 1 heterocycles. The van der Waals surface area contributed by atoms with Gasteiger partial charge in [-0.25, -0.2) is 4.79 Å². The van der Waals surface area contributed by atoms with Crippen LogP contribution in [-0.2, 0) is 6.54 Å². The summed E-state index contributed by atoms with van der Waals surface area (Å²) < 4.78 is 5.01. The van der Waals surface area contributed by atoms with Gasteiger partial charge < -0.3 is 15.1 Å². The van der Waals surface area contributed by atoms with Crippen molar-refractivity contribution in [3.05, 3.63) is 58.1 Å². The lowest BCUT2D eigenvalue weighted by molar-refractivity contribution is 0.555. The summed E-state index contributed by atoms with van der Waals surface area (Å²) in [5.74, 6) is -0.470. The van der Waals surface area contributed by atoms with Crippen molar-refractivity contribution in [2.45, 2.75) is 13.5 Å². The third-order valence-electron chi connectivity index (χ3n) is 3.48. The first-order valence-electron chi connectivity index (χ1n) is 6.72. The number of nitrogens with one attached hydrogen (secondary N) is 1. The number of nitrogens with two attached hydrogens (primary N) is 1. The van der Waals surface area contributed by atoms with Crippen LogP contribution in [0.15, 0.2) is 45.6 Å². The lowest BCUT2D eigenvalue weighted by atomic mass is 10.1. The van der Waals surface area contributed by atoms with E-state index in [0.29, 0.717) is 16.8 Å². The average molecular weight is 283 g/mol. The molecule has 0 unspecified atom stereocenters. The first-order valence-corrected chi connectivity index (χ1v) is 6.72. The molecule has 3 rings (SSSR count). The van der Waals surface area contributed by atoms with E-state index in [9.17, 15) is 4.79 Å². The third kappa shape index (κ3) is 2.63. The number of oxazole rings is 1. The van der Waals surface area contributed by atoms with Crippen LogP contribution in [0.1, 0.15) is 11.1 Å². The van der Waals surface area contributed by atoms with Crippen LogP contribution in [-0.4, -0.2) is 12.0 Å². The maximum absolute atomic E-state index is 11.2. The molecule has 0 spiro atoms. The van der Waals surface area contributed by atoms with Crippen molar-refractivity contribution in [1.29, 1.82) is 0 Å². The molecule has 1 aromatic heterocycles. The van der Waals surface area contributed by atoms with E-state index < -0.39 is 5.76 Å². The van der Waals surface area contributed by atoms with Gasteiger partial charge in [0.05, 0.1) is 16.9 Å². The van der Waals surface area contributed by atoms with Gasteiger partial charge in [-0.2, -0.15) is 0 Å². The molecule has 3 N–H and O–H groups in total. The van der Waals surface area contributed by atoms with Crippen molar-refractivity contribution in [2.75, 3.05) is 17.7 Å². The summed E-state index contributed by atoms with van der Waals surface area (Å²) in [4.78, 5) is 15.9. The van der Waals surface area contributed by atoms with Crippen LogP contribution < -0.4 is 16.4 Å². The highest BCUT2D eigenvalue weighted by Gasteiger charge is 2.11. The molecule has 0 aliphatic heterocycles. The molecule has 0 bridgehead atoms. The zero-order valence-corrected chi connectivity index (χ0v) is 12.0. The molecule has 5 nitrogen and oxygen atoms in total. The Kier molecular flexibility index (Phi) is 3.17. The lowest BCUT2D eigenvalue weighted by Crippen LogP contribution is -2.17. The second kappa shape index (κ2) is 5.01. The van der Waals surface area contributed by atoms with E-state index >= 15 is 0 Å². The van der Waals surface area contributed by atoms with E-state index in [1.807, 2.05) is 19.2 Å². The number of nitrogen functional groups attached to an aromatic ring is 1. The van der Waals surface area contributed by atoms with Gasteiger partial charge in [0, 0.05) is 19.7 Å². The topological polar surface area (TPSA) is 75.3 Å². The largest absolute Gasteiger partial charge is 0.417 e. The molecule has 21 heavy (non-hydrogen) atoms. The first-order chi connectivity index (χ1) is 10.0. The highest BCUT2D eigenvalue weighted by Crippen LogP contribution is 2.28. The molecule has 108 valence electrons. The number of rotatable bonds is 3. The summed E-state index contributed by atoms with van der Waals surface area (Å²) in [7, 11) is 1.97. The monoisotopic (exact) mass is 283 g/mol. The number of fused-ring (bicyclic) bond motifs is 1. The summed E-state index contributed by atoms with van der Waals surface area (Å²) in [6.07, 6.45) is 0. The van der Waals surface area contributed by atoms with Crippen molar-refractivity contribution in [2.24, 2.45) is 0 Å². The summed E-state index contributed by atoms with van der Waals surface area (Å²) in [5, 5.41) is 0. The molecule has 0 fully saturated rings. The van der Waals surface area contributed by atoms with Gasteiger partial charge in [0.1, 0.15) is 0 Å². The van der Waals surface area contributed by atoms with Crippen LogP contribution in [0.25, 0.3) is 11.1 Å². The number of hydrogen-bond acceptors (Lipinski definition) is 4. The molecule has 0 radical (unpaired) electrons. The fourth-order valence-electron chi connectivity index (χ4n) is 2.50. The van der Waals surface area contributed by atoms with Crippen LogP contribution in [0, 0.1) is 6.92 Å². The molecule has 3 aromatic rings. The van der Waals surface area contributed by atoms with Crippen LogP contribution in [0.4, 0.5) is 11.4 Å². The molecular formula is C16H17N3O2. The maximum atomic E-state index is 11.2. The predicted octanol–water partition coefficient (Wildman–Crippen LogP) is 2.65. The minimum atomic E-state index is -0.470. The third-order valence-corrected chi connectivity index (χ3v) is 3.48. The van der Waals surface area contributed by atoms with Gasteiger partial charge >= 0.3 is 5.76 Å². The minimum absolute atomic E-state index is 0.470. The highest BCUT2D eigenvalue weighted by atomic mass is 16.4. The van der Waals surface area contributed by atoms with Crippen LogP contribution in [0.2, 0.25) is 0 Å². The molecular weight excluding hydrogens is 266 g/mol. The lowest BCUT2D eigenvalue weighted by Gasteiger charge is -2.21. The number of aromatic amines is 1. The van der Waals surface area contributed by atoms with Crippen LogP contribution in [0.5, 0.6) is 0 Å². The van der Waals surface area contributed by atoms with Gasteiger partial charge in [-0.1, -0.05) is 29.8 Å². The van der Waals surface area contributed by atoms with E-state index in [4.69, 9.17) is 10.2 Å². The van der Waals surface area contributed by atoms with Crippen molar-refractivity contribution in [3.8, 4) is 0 Å². The second-order valence-corrected chi connectivity index (χ2v) is 5.27. The van der Waals surface area contributed by atoms with Gasteiger partial charge in [0.25, 0.3) is 0 Å². The molecule has 0 saturated heterocycles. The van der Waals surface area contributed by atoms with E-state index in [2.05, 4.69) is 35.0 Å². The summed E-state index contributed by atoms with van der Waals surface area (Å²) in [6.45, 7) is 2.81. The fourth-order valence-corrected chi connectivity index (χ4v) is 2.50. The van der Waals surface area contributed by atoms with Crippen LogP contribution in [0.3, 0.4) is 0 Å². The molecule has 2 aromatic carbocycles. The average Bonchev–Trinajstić information content (AvgIpc) is 2.76. The van der Waals surface area contributed by atoms with E-state index in [0.717, 1.165) is 12.2 Å². The number of aromatic nitrogens is 1. The Morgan fingerprint density at radius 2 is 2.10 bits per heavy atom. The molecule has 0 aliphatic carbocycles. The quantitative estimate of drug-likeness (QED) is 0.725. The summed E-state index contributed by atoms with van der Waals surface area (Å²) in [6, 6.07) is 11.8. The number of aryl methyl sites for hydroxylation is 1. The Bertz CT molecular complexity index is 848. The van der Waals surface area contributed by atoms with E-state index in [1.165, 1.54) is 11.1 Å². The summed E-state index contributed by atoms with van der Waals surface area (Å²) >= 11 is 0. The number of hydrogen-bond donors (Lipinski definition) is 2. The van der Waals surface area contributed by atoms with Gasteiger partial charge in [0.2, 0.25) is 0 Å².